The Labute approximate surface area is 415 Å². The quantitative estimate of drug-likeness (QED) is 0.0854. The van der Waals surface area contributed by atoms with E-state index in [9.17, 15) is 43.5 Å². The lowest BCUT2D eigenvalue weighted by atomic mass is 9.89. The molecule has 2 fully saturated rings. The van der Waals surface area contributed by atoms with Crippen LogP contribution >= 0.6 is 0 Å². The van der Waals surface area contributed by atoms with Crippen LogP contribution in [0.1, 0.15) is 105 Å². The molecule has 0 radical (unpaired) electrons. The zero-order valence-corrected chi connectivity index (χ0v) is 43.3. The molecule has 7 amide bonds. The number of ether oxygens (including phenoxy) is 2. The highest BCUT2D eigenvalue weighted by Crippen LogP contribution is 2.30. The van der Waals surface area contributed by atoms with Crippen molar-refractivity contribution in [1.82, 2.24) is 35.1 Å². The molecule has 18 nitrogen and oxygen atoms in total. The fourth-order valence-electron chi connectivity index (χ4n) is 10.3. The molecule has 0 aliphatic carbocycles. The van der Waals surface area contributed by atoms with E-state index in [0.29, 0.717) is 84.2 Å². The summed E-state index contributed by atoms with van der Waals surface area (Å²) in [5, 5.41) is 15.8. The Morgan fingerprint density at radius 1 is 0.800 bits per heavy atom. The standard InChI is InChI=1S/C52H81N7O11/c1-11-35(6)47(40(69-9)32-44(63)58-26-18-21-39(58)48(70-10)36(7)49(64)53-38(52(67)68)31-37-19-14-12-15-20-37)55(8)51(66)45(33(2)3)54-50(65)46(34(4)5)57-29-27-56(28-30-57)41(60)22-16-13-17-25-59-42(61)23-24-43(59)62/h12,14-15,19-20,23-24,33-36,38-40,45-48H,11,13,16-18,21-22,25-32H2,1-10H3,(H,53,64)(H,54,65)(H,67,68)/t35-,36+,38-,39-,40?,45-,46-,47-,48+/m0/s1. The third-order valence-electron chi connectivity index (χ3n) is 14.5. The number of nitrogens with one attached hydrogen (secondary N) is 2. The van der Waals surface area contributed by atoms with Crippen molar-refractivity contribution in [3.05, 3.63) is 48.0 Å². The van der Waals surface area contributed by atoms with E-state index in [1.54, 1.807) is 35.9 Å². The number of hydrogen-bond acceptors (Lipinski definition) is 11. The molecule has 0 saturated carbocycles. The Hall–Kier alpha value is -5.20. The van der Waals surface area contributed by atoms with Gasteiger partial charge in [0.2, 0.25) is 29.5 Å². The normalized spacial score (nSPS) is 19.9. The van der Waals surface area contributed by atoms with Crippen LogP contribution in [0.5, 0.6) is 0 Å². The average Bonchev–Trinajstić information content (AvgIpc) is 3.95. The van der Waals surface area contributed by atoms with E-state index >= 15 is 0 Å². The van der Waals surface area contributed by atoms with E-state index in [-0.39, 0.29) is 66.0 Å². The highest BCUT2D eigenvalue weighted by atomic mass is 16.5. The number of aliphatic carboxylic acids is 1. The van der Waals surface area contributed by atoms with Crippen LogP contribution in [-0.2, 0) is 54.3 Å². The van der Waals surface area contributed by atoms with Gasteiger partial charge in [-0.2, -0.15) is 0 Å². The predicted molar refractivity (Wildman–Crippen MR) is 264 cm³/mol. The van der Waals surface area contributed by atoms with Crippen LogP contribution in [0.4, 0.5) is 0 Å². The number of likely N-dealkylation sites (tertiary alicyclic amines) is 1. The first-order valence-electron chi connectivity index (χ1n) is 25.3. The Morgan fingerprint density at radius 2 is 1.44 bits per heavy atom. The van der Waals surface area contributed by atoms with Gasteiger partial charge in [0.15, 0.2) is 0 Å². The molecular formula is C52H81N7O11. The van der Waals surface area contributed by atoms with Crippen molar-refractivity contribution < 1.29 is 52.9 Å². The second-order valence-corrected chi connectivity index (χ2v) is 20.0. The van der Waals surface area contributed by atoms with E-state index in [2.05, 4.69) is 15.5 Å². The number of benzene rings is 1. The maximum atomic E-state index is 14.7. The summed E-state index contributed by atoms with van der Waals surface area (Å²) in [5.41, 5.74) is 0.769. The molecule has 70 heavy (non-hydrogen) atoms. The van der Waals surface area contributed by atoms with Crippen molar-refractivity contribution in [2.45, 2.75) is 149 Å². The third-order valence-corrected chi connectivity index (χ3v) is 14.5. The number of hydrogen-bond donors (Lipinski definition) is 3. The van der Waals surface area contributed by atoms with Crippen molar-refractivity contribution in [2.75, 3.05) is 60.5 Å². The summed E-state index contributed by atoms with van der Waals surface area (Å²) in [4.78, 5) is 114. The zero-order valence-electron chi connectivity index (χ0n) is 43.3. The van der Waals surface area contributed by atoms with Crippen LogP contribution in [0.3, 0.4) is 0 Å². The Kier molecular flexibility index (Phi) is 22.5. The Bertz CT molecular complexity index is 1960. The van der Waals surface area contributed by atoms with Crippen molar-refractivity contribution in [2.24, 2.45) is 23.7 Å². The van der Waals surface area contributed by atoms with Crippen LogP contribution in [0.25, 0.3) is 0 Å². The number of methoxy groups -OCH3 is 2. The van der Waals surface area contributed by atoms with Gasteiger partial charge in [-0.05, 0) is 49.0 Å². The largest absolute Gasteiger partial charge is 0.480 e. The summed E-state index contributed by atoms with van der Waals surface area (Å²) in [6, 6.07) is 5.46. The predicted octanol–water partition coefficient (Wildman–Crippen LogP) is 3.51. The molecule has 3 N–H and O–H groups in total. The molecule has 0 bridgehead atoms. The van der Waals surface area contributed by atoms with Crippen molar-refractivity contribution >= 4 is 47.3 Å². The Balaban J connectivity index is 1.38. The van der Waals surface area contributed by atoms with Crippen molar-refractivity contribution in [1.29, 1.82) is 0 Å². The molecule has 18 heteroatoms. The summed E-state index contributed by atoms with van der Waals surface area (Å²) in [7, 11) is 4.71. The van der Waals surface area contributed by atoms with Gasteiger partial charge in [-0.15, -0.1) is 0 Å². The van der Waals surface area contributed by atoms with Gasteiger partial charge in [-0.3, -0.25) is 43.4 Å². The fourth-order valence-corrected chi connectivity index (χ4v) is 10.3. The molecular weight excluding hydrogens is 899 g/mol. The molecule has 3 heterocycles. The molecule has 0 spiro atoms. The van der Waals surface area contributed by atoms with Crippen molar-refractivity contribution in [3.8, 4) is 0 Å². The lowest BCUT2D eigenvalue weighted by molar-refractivity contribution is -0.148. The summed E-state index contributed by atoms with van der Waals surface area (Å²) in [6.45, 7) is 16.1. The number of carbonyl (C=O) groups excluding carboxylic acids is 7. The molecule has 2 saturated heterocycles. The van der Waals surface area contributed by atoms with Gasteiger partial charge in [0, 0.05) is 85.5 Å². The first-order valence-corrected chi connectivity index (χ1v) is 25.3. The minimum absolute atomic E-state index is 0.0293. The van der Waals surface area contributed by atoms with E-state index in [1.165, 1.54) is 31.3 Å². The molecule has 1 unspecified atom stereocenters. The molecule has 3 aliphatic rings. The summed E-state index contributed by atoms with van der Waals surface area (Å²) >= 11 is 0. The molecule has 9 atom stereocenters. The topological polar surface area (TPSA) is 216 Å². The van der Waals surface area contributed by atoms with Crippen LogP contribution in [0, 0.1) is 23.7 Å². The SMILES string of the molecule is CC[C@H](C)[C@@H](C(CC(=O)N1CCC[C@H]1[C@H](OC)[C@@H](C)C(=O)N[C@@H](Cc1ccccc1)C(=O)O)OC)N(C)C(=O)[C@@H](NC(=O)[C@H](C(C)C)N1CCN(C(=O)CCCCCN2C(=O)C=CC2=O)CC1)C(C)C. The van der Waals surface area contributed by atoms with Crippen molar-refractivity contribution in [3.63, 3.8) is 0 Å². The average molecular weight is 980 g/mol. The summed E-state index contributed by atoms with van der Waals surface area (Å²) in [6.07, 6.45) is 5.41. The number of piperazine rings is 1. The monoisotopic (exact) mass is 980 g/mol. The molecule has 4 rings (SSSR count). The van der Waals surface area contributed by atoms with E-state index in [0.717, 1.165) is 5.56 Å². The number of rotatable bonds is 27. The van der Waals surface area contributed by atoms with E-state index in [1.807, 2.05) is 64.6 Å². The van der Waals surface area contributed by atoms with Gasteiger partial charge in [-0.1, -0.05) is 91.6 Å². The molecule has 3 aliphatic heterocycles. The first kappa shape index (κ1) is 57.4. The van der Waals surface area contributed by atoms with Crippen LogP contribution < -0.4 is 10.6 Å². The lowest BCUT2D eigenvalue weighted by Crippen LogP contribution is -2.62. The fraction of sp³-hybridized carbons (Fsp3) is 0.692. The van der Waals surface area contributed by atoms with Crippen LogP contribution in [0.2, 0.25) is 0 Å². The van der Waals surface area contributed by atoms with E-state index < -0.39 is 60.2 Å². The molecule has 390 valence electrons. The van der Waals surface area contributed by atoms with Crippen LogP contribution in [0.15, 0.2) is 42.5 Å². The minimum Gasteiger partial charge on any atom is -0.480 e. The smallest absolute Gasteiger partial charge is 0.326 e. The first-order chi connectivity index (χ1) is 33.2. The second kappa shape index (κ2) is 27.4. The van der Waals surface area contributed by atoms with Gasteiger partial charge < -0.3 is 39.9 Å². The van der Waals surface area contributed by atoms with Gasteiger partial charge in [0.25, 0.3) is 11.8 Å². The maximum absolute atomic E-state index is 14.7. The Morgan fingerprint density at radius 3 is 2.00 bits per heavy atom. The van der Waals surface area contributed by atoms with Crippen LogP contribution in [-0.4, -0.2) is 180 Å². The lowest BCUT2D eigenvalue weighted by Gasteiger charge is -2.42. The number of carbonyl (C=O) groups is 8. The highest BCUT2D eigenvalue weighted by Gasteiger charge is 2.44. The maximum Gasteiger partial charge on any atom is 0.326 e. The van der Waals surface area contributed by atoms with E-state index in [4.69, 9.17) is 9.47 Å². The van der Waals surface area contributed by atoms with Gasteiger partial charge in [-0.25, -0.2) is 4.79 Å². The minimum atomic E-state index is -1.16. The third kappa shape index (κ3) is 15.2. The molecule has 0 aromatic heterocycles. The van der Waals surface area contributed by atoms with Gasteiger partial charge in [0.1, 0.15) is 12.1 Å². The highest BCUT2D eigenvalue weighted by molar-refractivity contribution is 6.12. The van der Waals surface area contributed by atoms with Gasteiger partial charge >= 0.3 is 5.97 Å². The number of carboxylic acid groups (broad SMARTS) is 1. The summed E-state index contributed by atoms with van der Waals surface area (Å²) < 4.78 is 12.0. The number of carboxylic acids is 1. The number of nitrogens with zero attached hydrogens (tertiary/aromatic N) is 5. The number of likely N-dealkylation sites (N-methyl/N-ethyl adjacent to an activating group) is 1. The number of imide groups is 1. The zero-order chi connectivity index (χ0) is 51.8. The van der Waals surface area contributed by atoms with Gasteiger partial charge in [0.05, 0.1) is 42.7 Å². The summed E-state index contributed by atoms with van der Waals surface area (Å²) in [5.74, 6) is -4.30. The molecule has 1 aromatic carbocycles. The second-order valence-electron chi connectivity index (χ2n) is 20.0. The number of amides is 7. The number of unbranched alkanes of at least 4 members (excludes halogenated alkanes) is 2. The molecule has 1 aromatic rings.